The minimum Gasteiger partial charge on any atom is -0.508 e. The van der Waals surface area contributed by atoms with Gasteiger partial charge in [-0.3, -0.25) is 9.69 Å². The summed E-state index contributed by atoms with van der Waals surface area (Å²) in [7, 11) is 3.95. The number of aliphatic hydroxyl groups is 2. The van der Waals surface area contributed by atoms with E-state index in [-0.39, 0.29) is 42.1 Å². The molecule has 1 saturated heterocycles. The maximum absolute atomic E-state index is 13.5. The molecule has 4 atom stereocenters. The number of ether oxygens (including phenoxy) is 4. The quantitative estimate of drug-likeness (QED) is 0.188. The number of rotatable bonds is 10. The largest absolute Gasteiger partial charge is 0.508 e. The molecule has 0 unspecified atom stereocenters. The molecule has 2 aliphatic carbocycles. The number of aliphatic hydroxyl groups excluding tert-OH is 1. The number of likely N-dealkylation sites (tertiary alicyclic amines) is 1. The van der Waals surface area contributed by atoms with Gasteiger partial charge in [-0.25, -0.2) is 4.79 Å². The summed E-state index contributed by atoms with van der Waals surface area (Å²) < 4.78 is 21.6. The first kappa shape index (κ1) is 28.7. The summed E-state index contributed by atoms with van der Waals surface area (Å²) in [5, 5.41) is 37.4. The van der Waals surface area contributed by atoms with Crippen molar-refractivity contribution < 1.29 is 43.9 Å². The molecule has 11 nitrogen and oxygen atoms in total. The van der Waals surface area contributed by atoms with Crippen molar-refractivity contribution in [1.82, 2.24) is 10.2 Å². The molecule has 5 rings (SSSR count). The summed E-state index contributed by atoms with van der Waals surface area (Å²) >= 11 is 0. The van der Waals surface area contributed by atoms with Crippen molar-refractivity contribution in [3.63, 3.8) is 0 Å². The maximum atomic E-state index is 13.5. The van der Waals surface area contributed by atoms with Crippen LogP contribution in [0.5, 0.6) is 11.5 Å². The fourth-order valence-electron chi connectivity index (χ4n) is 7.17. The molecule has 2 aliphatic heterocycles. The van der Waals surface area contributed by atoms with E-state index in [0.29, 0.717) is 30.9 Å². The summed E-state index contributed by atoms with van der Waals surface area (Å²) in [4.78, 5) is 28.6. The van der Waals surface area contributed by atoms with Crippen LogP contribution in [0.2, 0.25) is 0 Å². The standard InChI is InChI=1S/C29H40N2O9/c1-16(25(34)30-28(14-37-3,15-38-4)26(35)39-5)22(33)24-29-10-11-31(13-17-6-7-17)20(27(29,2)36)12-18-8-9-19(32)23(40-24)21(18)29/h8-9,17,20,24,32-33,36H,6-7,10-15H2,1-5H3,(H,30,34)/b22-16-/t20-,24+,27-,29+/m1/s1. The lowest BCUT2D eigenvalue weighted by Crippen LogP contribution is -2.73. The number of carbonyl (C=O) groups excluding carboxylic acids is 2. The Morgan fingerprint density at radius 3 is 2.48 bits per heavy atom. The third kappa shape index (κ3) is 4.17. The molecular weight excluding hydrogens is 520 g/mol. The van der Waals surface area contributed by atoms with E-state index in [2.05, 4.69) is 10.2 Å². The lowest BCUT2D eigenvalue weighted by Gasteiger charge is -2.59. The van der Waals surface area contributed by atoms with Crippen LogP contribution in [0.25, 0.3) is 0 Å². The topological polar surface area (TPSA) is 147 Å². The van der Waals surface area contributed by atoms with Gasteiger partial charge < -0.3 is 39.6 Å². The van der Waals surface area contributed by atoms with E-state index < -0.39 is 34.5 Å². The highest BCUT2D eigenvalue weighted by Crippen LogP contribution is 2.63. The minimum atomic E-state index is -1.66. The fraction of sp³-hybridized carbons (Fsp3) is 0.655. The van der Waals surface area contributed by atoms with Crippen molar-refractivity contribution in [2.24, 2.45) is 5.92 Å². The number of nitrogens with zero attached hydrogens (tertiary/aromatic N) is 1. The number of benzene rings is 1. The zero-order valence-corrected chi connectivity index (χ0v) is 23.8. The summed E-state index contributed by atoms with van der Waals surface area (Å²) in [5.74, 6) is -1.14. The molecule has 1 aromatic rings. The molecule has 2 fully saturated rings. The number of methoxy groups -OCH3 is 3. The van der Waals surface area contributed by atoms with E-state index in [1.54, 1.807) is 13.0 Å². The number of phenols is 1. The second-order valence-electron chi connectivity index (χ2n) is 11.9. The highest BCUT2D eigenvalue weighted by atomic mass is 16.5. The number of carbonyl (C=O) groups is 2. The Morgan fingerprint density at radius 1 is 1.20 bits per heavy atom. The zero-order valence-electron chi connectivity index (χ0n) is 23.8. The Balaban J connectivity index is 1.56. The number of piperidine rings is 1. The molecule has 11 heteroatoms. The number of hydrogen-bond acceptors (Lipinski definition) is 10. The number of nitrogens with one attached hydrogen (secondary N) is 1. The van der Waals surface area contributed by atoms with Crippen LogP contribution in [0, 0.1) is 5.92 Å². The first-order valence-electron chi connectivity index (χ1n) is 13.7. The molecule has 0 radical (unpaired) electrons. The highest BCUT2D eigenvalue weighted by Gasteiger charge is 2.69. The zero-order chi connectivity index (χ0) is 29.0. The average molecular weight is 561 g/mol. The highest BCUT2D eigenvalue weighted by molar-refractivity contribution is 5.98. The van der Waals surface area contributed by atoms with E-state index in [0.717, 1.165) is 12.1 Å². The number of esters is 1. The van der Waals surface area contributed by atoms with E-state index in [4.69, 9.17) is 18.9 Å². The monoisotopic (exact) mass is 560 g/mol. The second-order valence-corrected chi connectivity index (χ2v) is 11.9. The molecule has 2 heterocycles. The fourth-order valence-corrected chi connectivity index (χ4v) is 7.17. The normalized spacial score (nSPS) is 29.8. The van der Waals surface area contributed by atoms with Gasteiger partial charge in [0.15, 0.2) is 23.1 Å². The van der Waals surface area contributed by atoms with E-state index >= 15 is 0 Å². The van der Waals surface area contributed by atoms with Gasteiger partial charge in [0.2, 0.25) is 0 Å². The van der Waals surface area contributed by atoms with Crippen molar-refractivity contribution in [3.8, 4) is 11.5 Å². The number of phenolic OH excluding ortho intramolecular Hbond substituents is 1. The van der Waals surface area contributed by atoms with Gasteiger partial charge in [-0.05, 0) is 63.6 Å². The third-order valence-electron chi connectivity index (χ3n) is 9.43. The molecule has 40 heavy (non-hydrogen) atoms. The first-order valence-corrected chi connectivity index (χ1v) is 13.7. The van der Waals surface area contributed by atoms with Gasteiger partial charge >= 0.3 is 5.97 Å². The first-order chi connectivity index (χ1) is 19.0. The lowest BCUT2D eigenvalue weighted by molar-refractivity contribution is -0.156. The summed E-state index contributed by atoms with van der Waals surface area (Å²) in [6, 6.07) is 3.21. The average Bonchev–Trinajstić information content (AvgIpc) is 3.66. The molecule has 0 aromatic heterocycles. The van der Waals surface area contributed by atoms with E-state index in [1.165, 1.54) is 41.1 Å². The molecule has 2 bridgehead atoms. The van der Waals surface area contributed by atoms with Gasteiger partial charge in [-0.1, -0.05) is 6.07 Å². The molecule has 4 N–H and O–H groups in total. The van der Waals surface area contributed by atoms with Crippen molar-refractivity contribution in [3.05, 3.63) is 34.6 Å². The second kappa shape index (κ2) is 10.2. The molecule has 1 amide bonds. The Morgan fingerprint density at radius 2 is 1.88 bits per heavy atom. The molecule has 1 spiro atoms. The molecule has 1 saturated carbocycles. The van der Waals surface area contributed by atoms with Gasteiger partial charge in [0.25, 0.3) is 5.91 Å². The molecule has 220 valence electrons. The predicted molar refractivity (Wildman–Crippen MR) is 143 cm³/mol. The minimum absolute atomic E-state index is 0.0879. The van der Waals surface area contributed by atoms with Gasteiger partial charge in [-0.2, -0.15) is 0 Å². The van der Waals surface area contributed by atoms with Crippen molar-refractivity contribution >= 4 is 11.9 Å². The van der Waals surface area contributed by atoms with Gasteiger partial charge in [0.05, 0.1) is 36.9 Å². The smallest absolute Gasteiger partial charge is 0.336 e. The van der Waals surface area contributed by atoms with E-state index in [9.17, 15) is 24.9 Å². The van der Waals surface area contributed by atoms with Crippen LogP contribution < -0.4 is 10.1 Å². The number of hydrogen-bond donors (Lipinski definition) is 4. The lowest BCUT2D eigenvalue weighted by atomic mass is 9.53. The third-order valence-corrected chi connectivity index (χ3v) is 9.43. The number of fused-ring (bicyclic) bond motifs is 1. The van der Waals surface area contributed by atoms with Gasteiger partial charge in [0, 0.05) is 32.4 Å². The molecular formula is C29H40N2O9. The summed E-state index contributed by atoms with van der Waals surface area (Å²) in [6.07, 6.45) is 2.27. The van der Waals surface area contributed by atoms with Crippen molar-refractivity contribution in [2.75, 3.05) is 47.6 Å². The van der Waals surface area contributed by atoms with Crippen LogP contribution in [-0.4, -0.2) is 103 Å². The van der Waals surface area contributed by atoms with Crippen LogP contribution >= 0.6 is 0 Å². The Kier molecular flexibility index (Phi) is 7.31. The van der Waals surface area contributed by atoms with E-state index in [1.807, 2.05) is 6.07 Å². The Hall–Kier alpha value is -2.86. The Bertz CT molecular complexity index is 1220. The molecule has 1 aromatic carbocycles. The van der Waals surface area contributed by atoms with Crippen LogP contribution in [0.15, 0.2) is 23.5 Å². The Labute approximate surface area is 234 Å². The van der Waals surface area contributed by atoms with Crippen LogP contribution in [0.4, 0.5) is 0 Å². The van der Waals surface area contributed by atoms with Gasteiger partial charge in [0.1, 0.15) is 5.76 Å². The number of amides is 1. The van der Waals surface area contributed by atoms with Crippen molar-refractivity contribution in [1.29, 1.82) is 0 Å². The van der Waals surface area contributed by atoms with Gasteiger partial charge in [-0.15, -0.1) is 0 Å². The van der Waals surface area contributed by atoms with Crippen LogP contribution in [0.1, 0.15) is 44.2 Å². The predicted octanol–water partition coefficient (Wildman–Crippen LogP) is 1.34. The number of aromatic hydroxyl groups is 1. The summed E-state index contributed by atoms with van der Waals surface area (Å²) in [6.45, 7) is 4.32. The van der Waals surface area contributed by atoms with Crippen molar-refractivity contribution in [2.45, 2.75) is 68.2 Å². The van der Waals surface area contributed by atoms with Crippen LogP contribution in [0.3, 0.4) is 0 Å². The maximum Gasteiger partial charge on any atom is 0.336 e. The SMILES string of the molecule is COCC(COC)(NC(=O)/C(C)=C(\O)[C@@H]1Oc2c(O)ccc3c2[C@@]12CCN(CC1CC1)[C@H](C3)[C@@]2(C)O)C(=O)OC. The molecule has 4 aliphatic rings. The summed E-state index contributed by atoms with van der Waals surface area (Å²) in [5.41, 5.74) is -2.57. The van der Waals surface area contributed by atoms with Crippen LogP contribution in [-0.2, 0) is 35.6 Å².